The second-order valence-corrected chi connectivity index (χ2v) is 8.33. The Morgan fingerprint density at radius 3 is 3.00 bits per heavy atom. The van der Waals surface area contributed by atoms with E-state index in [9.17, 15) is 24.6 Å². The van der Waals surface area contributed by atoms with Gasteiger partial charge in [0.25, 0.3) is 5.82 Å². The highest BCUT2D eigenvalue weighted by molar-refractivity contribution is 8.00. The monoisotopic (exact) mass is 409 g/mol. The number of amides is 2. The van der Waals surface area contributed by atoms with Crippen LogP contribution in [0.25, 0.3) is 4.83 Å². The number of β-lactam (4-membered cyclic amide) rings is 1. The van der Waals surface area contributed by atoms with Crippen LogP contribution in [-0.2, 0) is 20.9 Å². The van der Waals surface area contributed by atoms with E-state index < -0.39 is 12.0 Å². The summed E-state index contributed by atoms with van der Waals surface area (Å²) in [5.41, 5.74) is 0.677. The molecule has 0 bridgehead atoms. The quantitative estimate of drug-likeness (QED) is 0.329. The van der Waals surface area contributed by atoms with Crippen LogP contribution in [0.2, 0.25) is 0 Å². The van der Waals surface area contributed by atoms with Crippen molar-refractivity contribution < 1.29 is 29.2 Å². The van der Waals surface area contributed by atoms with Gasteiger partial charge in [0.2, 0.25) is 17.1 Å². The highest BCUT2D eigenvalue weighted by Crippen LogP contribution is 2.40. The van der Waals surface area contributed by atoms with Gasteiger partial charge >= 0.3 is 5.97 Å². The number of aliphatic hydroxyl groups excluding tert-OH is 1. The minimum atomic E-state index is -1.11. The summed E-state index contributed by atoms with van der Waals surface area (Å²) < 4.78 is 3.68. The Labute approximate surface area is 161 Å². The Bertz CT molecular complexity index is 965. The van der Waals surface area contributed by atoms with Gasteiger partial charge in [0.05, 0.1) is 18.4 Å². The van der Waals surface area contributed by atoms with E-state index in [4.69, 9.17) is 0 Å². The predicted molar refractivity (Wildman–Crippen MR) is 96.9 cm³/mol. The number of rotatable bonds is 7. The minimum Gasteiger partial charge on any atom is -0.477 e. The highest BCUT2D eigenvalue weighted by atomic mass is 32.2. The number of thiazole rings is 1. The first kappa shape index (κ1) is 18.0. The topological polar surface area (TPSA) is 115 Å². The average molecular weight is 409 g/mol. The van der Waals surface area contributed by atoms with Crippen molar-refractivity contribution in [2.75, 3.05) is 12.4 Å². The van der Waals surface area contributed by atoms with Crippen LogP contribution in [0.5, 0.6) is 0 Å². The lowest BCUT2D eigenvalue weighted by molar-refractivity contribution is -0.696. The van der Waals surface area contributed by atoms with E-state index in [1.165, 1.54) is 16.2 Å². The zero-order valence-electron chi connectivity index (χ0n) is 14.1. The highest BCUT2D eigenvalue weighted by Gasteiger charge is 2.45. The molecule has 4 rings (SSSR count). The van der Waals surface area contributed by atoms with E-state index in [2.05, 4.69) is 5.32 Å². The Morgan fingerprint density at radius 1 is 1.52 bits per heavy atom. The number of carboxylic acids is 1. The first-order valence-electron chi connectivity index (χ1n) is 8.22. The number of imidazole rings is 1. The van der Waals surface area contributed by atoms with Gasteiger partial charge in [-0.05, 0) is 0 Å². The molecule has 1 fully saturated rings. The Hall–Kier alpha value is -2.37. The largest absolute Gasteiger partial charge is 0.477 e. The maximum absolute atomic E-state index is 11.9. The number of carboxylic acid groups (broad SMARTS) is 1. The third-order valence-electron chi connectivity index (χ3n) is 4.70. The molecule has 2 aliphatic heterocycles. The fourth-order valence-corrected chi connectivity index (χ4v) is 5.53. The van der Waals surface area contributed by atoms with Crippen LogP contribution in [0.4, 0.5) is 0 Å². The fraction of sp³-hybridized carbons (Fsp3) is 0.375. The lowest BCUT2D eigenvalue weighted by Gasteiger charge is -2.43. The van der Waals surface area contributed by atoms with Gasteiger partial charge in [-0.15, -0.1) is 11.8 Å². The van der Waals surface area contributed by atoms with E-state index in [0.717, 1.165) is 4.83 Å². The molecule has 2 atom stereocenters. The first-order valence-corrected chi connectivity index (χ1v) is 10.2. The van der Waals surface area contributed by atoms with Crippen LogP contribution in [-0.4, -0.2) is 55.5 Å². The molecular weight excluding hydrogens is 392 g/mol. The van der Waals surface area contributed by atoms with Gasteiger partial charge in [0.1, 0.15) is 24.6 Å². The standard InChI is InChI=1S/C16H16N4O5S2/c21-6-10(17-8-22)15-18(5-13-19(15)1-2-26-13)4-9-7-27-12-3-11(23)20(12)14(9)16(24)25/h1-2,5,8,10,12,21H,3-4,6-7H2,(H-,17,22,24,25)/p+1/t10-,12+/m0/s1. The fourth-order valence-electron chi connectivity index (χ4n) is 3.50. The van der Waals surface area contributed by atoms with E-state index >= 15 is 0 Å². The average Bonchev–Trinajstić information content (AvgIpc) is 3.20. The Kier molecular flexibility index (Phi) is 4.66. The minimum absolute atomic E-state index is 0.0481. The van der Waals surface area contributed by atoms with Gasteiger partial charge in [-0.3, -0.25) is 14.5 Å². The van der Waals surface area contributed by atoms with Crippen LogP contribution in [0.1, 0.15) is 18.3 Å². The molecule has 11 heteroatoms. The molecule has 0 saturated carbocycles. The van der Waals surface area contributed by atoms with Gasteiger partial charge < -0.3 is 15.5 Å². The van der Waals surface area contributed by atoms with Crippen LogP contribution < -0.4 is 9.88 Å². The molecule has 3 N–H and O–H groups in total. The van der Waals surface area contributed by atoms with Crippen LogP contribution in [0, 0.1) is 0 Å². The molecule has 0 aromatic carbocycles. The lowest BCUT2D eigenvalue weighted by atomic mass is 10.1. The second kappa shape index (κ2) is 6.98. The summed E-state index contributed by atoms with van der Waals surface area (Å²) in [4.78, 5) is 36.9. The number of hydrogen-bond donors (Lipinski definition) is 3. The first-order chi connectivity index (χ1) is 13.0. The van der Waals surface area contributed by atoms with Crippen molar-refractivity contribution in [2.24, 2.45) is 0 Å². The van der Waals surface area contributed by atoms with Gasteiger partial charge in [-0.2, -0.15) is 4.40 Å². The van der Waals surface area contributed by atoms with Crippen molar-refractivity contribution in [3.05, 3.63) is 34.9 Å². The molecule has 0 spiro atoms. The number of aliphatic hydroxyl groups is 1. The summed E-state index contributed by atoms with van der Waals surface area (Å²) >= 11 is 3.04. The summed E-state index contributed by atoms with van der Waals surface area (Å²) in [6.07, 6.45) is 4.58. The van der Waals surface area contributed by atoms with Crippen molar-refractivity contribution in [3.63, 3.8) is 0 Å². The lowest BCUT2D eigenvalue weighted by Crippen LogP contribution is -2.55. The number of hydrogen-bond acceptors (Lipinski definition) is 6. The van der Waals surface area contributed by atoms with Gasteiger partial charge in [-0.1, -0.05) is 11.3 Å². The van der Waals surface area contributed by atoms with Crippen LogP contribution in [0.15, 0.2) is 29.0 Å². The smallest absolute Gasteiger partial charge is 0.352 e. The molecule has 2 aliphatic rings. The second-order valence-electron chi connectivity index (χ2n) is 6.24. The Balaban J connectivity index is 1.77. The Morgan fingerprint density at radius 2 is 2.33 bits per heavy atom. The normalized spacial score (nSPS) is 20.4. The van der Waals surface area contributed by atoms with Gasteiger partial charge in [0.15, 0.2) is 6.04 Å². The number of carbonyl (C=O) groups is 3. The summed E-state index contributed by atoms with van der Waals surface area (Å²) in [7, 11) is 0. The van der Waals surface area contributed by atoms with Crippen molar-refractivity contribution in [1.29, 1.82) is 0 Å². The number of aliphatic carboxylic acids is 1. The zero-order valence-corrected chi connectivity index (χ0v) is 15.7. The maximum Gasteiger partial charge on any atom is 0.352 e. The van der Waals surface area contributed by atoms with Gasteiger partial charge in [-0.25, -0.2) is 9.36 Å². The van der Waals surface area contributed by atoms with E-state index in [0.29, 0.717) is 30.0 Å². The van der Waals surface area contributed by atoms with Crippen LogP contribution in [0.3, 0.4) is 0 Å². The maximum atomic E-state index is 11.9. The number of thioether (sulfide) groups is 1. The number of aromatic nitrogens is 2. The molecular formula is C16H17N4O5S2+. The molecule has 0 unspecified atom stereocenters. The number of nitrogens with one attached hydrogen (secondary N) is 1. The molecule has 2 aromatic rings. The molecule has 0 aliphatic carbocycles. The van der Waals surface area contributed by atoms with E-state index in [1.807, 2.05) is 26.7 Å². The number of nitrogens with zero attached hydrogens (tertiary/aromatic N) is 3. The van der Waals surface area contributed by atoms with Crippen LogP contribution >= 0.6 is 23.1 Å². The summed E-state index contributed by atoms with van der Waals surface area (Å²) in [5, 5.41) is 23.8. The molecule has 2 amide bonds. The summed E-state index contributed by atoms with van der Waals surface area (Å²) in [5.74, 6) is -0.144. The molecule has 0 radical (unpaired) electrons. The van der Waals surface area contributed by atoms with Crippen molar-refractivity contribution in [1.82, 2.24) is 14.6 Å². The van der Waals surface area contributed by atoms with Gasteiger partial charge in [0, 0.05) is 16.7 Å². The number of carbonyl (C=O) groups excluding carboxylic acids is 2. The molecule has 142 valence electrons. The third-order valence-corrected chi connectivity index (χ3v) is 6.78. The summed E-state index contributed by atoms with van der Waals surface area (Å²) in [6, 6.07) is -0.636. The van der Waals surface area contributed by atoms with Crippen molar-refractivity contribution >= 4 is 46.2 Å². The third kappa shape index (κ3) is 2.91. The molecule has 4 heterocycles. The molecule has 2 aromatic heterocycles. The molecule has 9 nitrogen and oxygen atoms in total. The summed E-state index contributed by atoms with van der Waals surface area (Å²) in [6.45, 7) is -0.0428. The number of fused-ring (bicyclic) bond motifs is 2. The van der Waals surface area contributed by atoms with Crippen molar-refractivity contribution in [3.8, 4) is 0 Å². The SMILES string of the molecule is O=CN[C@@H](CO)c1n2ccsc2c[n+]1CC1=C(C(=O)O)N2C(=O)C[C@H]2SC1. The molecule has 27 heavy (non-hydrogen) atoms. The van der Waals surface area contributed by atoms with E-state index in [1.54, 1.807) is 11.8 Å². The van der Waals surface area contributed by atoms with Crippen molar-refractivity contribution in [2.45, 2.75) is 24.4 Å². The molecule has 1 saturated heterocycles. The predicted octanol–water partition coefficient (Wildman–Crippen LogP) is -0.288. The zero-order chi connectivity index (χ0) is 19.1. The van der Waals surface area contributed by atoms with E-state index in [-0.39, 0.29) is 30.1 Å².